The van der Waals surface area contributed by atoms with E-state index in [1.165, 1.54) is 4.90 Å². The molecule has 6 nitrogen and oxygen atoms in total. The first-order valence-electron chi connectivity index (χ1n) is 9.42. The van der Waals surface area contributed by atoms with E-state index in [-0.39, 0.29) is 24.7 Å². The number of hydrogen-bond acceptors (Lipinski definition) is 4. The lowest BCUT2D eigenvalue weighted by atomic mass is 9.88. The molecule has 1 heterocycles. The second-order valence-electron chi connectivity index (χ2n) is 6.80. The van der Waals surface area contributed by atoms with Gasteiger partial charge in [-0.05, 0) is 19.9 Å². The minimum Gasteiger partial charge on any atom is -0.375 e. The van der Waals surface area contributed by atoms with Gasteiger partial charge in [0.15, 0.2) is 11.4 Å². The van der Waals surface area contributed by atoms with Crippen LogP contribution < -0.4 is 4.90 Å². The summed E-state index contributed by atoms with van der Waals surface area (Å²) in [5, 5.41) is 11.2. The van der Waals surface area contributed by atoms with E-state index in [0.717, 1.165) is 0 Å². The van der Waals surface area contributed by atoms with Crippen LogP contribution in [0.15, 0.2) is 54.6 Å². The van der Waals surface area contributed by atoms with Crippen LogP contribution in [0.2, 0.25) is 0 Å². The Morgan fingerprint density at radius 2 is 1.61 bits per heavy atom. The number of nitrogens with zero attached hydrogens (tertiary/aromatic N) is 2. The van der Waals surface area contributed by atoms with Crippen LogP contribution in [0.25, 0.3) is 0 Å². The van der Waals surface area contributed by atoms with Gasteiger partial charge in [-0.15, -0.1) is 0 Å². The molecule has 28 heavy (non-hydrogen) atoms. The summed E-state index contributed by atoms with van der Waals surface area (Å²) in [6.45, 7) is 4.65. The summed E-state index contributed by atoms with van der Waals surface area (Å²) in [4.78, 5) is 41.3. The Morgan fingerprint density at radius 3 is 2.25 bits per heavy atom. The van der Waals surface area contributed by atoms with Gasteiger partial charge in [0, 0.05) is 24.2 Å². The maximum atomic E-state index is 13.1. The van der Waals surface area contributed by atoms with Crippen molar-refractivity contribution in [3.8, 4) is 0 Å². The van der Waals surface area contributed by atoms with Crippen LogP contribution in [0.5, 0.6) is 0 Å². The van der Waals surface area contributed by atoms with Crippen LogP contribution in [-0.2, 0) is 15.2 Å². The van der Waals surface area contributed by atoms with Gasteiger partial charge in [0.25, 0.3) is 5.91 Å². The molecule has 0 radical (unpaired) electrons. The molecule has 2 aromatic carbocycles. The average molecular weight is 380 g/mol. The third-order valence-corrected chi connectivity index (χ3v) is 5.16. The molecule has 2 amide bonds. The van der Waals surface area contributed by atoms with Crippen LogP contribution in [0.4, 0.5) is 5.69 Å². The fraction of sp³-hybridized carbons (Fsp3) is 0.318. The van der Waals surface area contributed by atoms with Crippen LogP contribution in [0.1, 0.15) is 36.2 Å². The summed E-state index contributed by atoms with van der Waals surface area (Å²) in [7, 11) is 0. The molecule has 0 aliphatic carbocycles. The molecular weight excluding hydrogens is 356 g/mol. The Bertz CT molecular complexity index is 892. The van der Waals surface area contributed by atoms with E-state index in [1.807, 2.05) is 13.8 Å². The molecule has 146 valence electrons. The number of aliphatic hydroxyl groups is 1. The minimum absolute atomic E-state index is 0.167. The Kier molecular flexibility index (Phi) is 5.61. The molecule has 6 heteroatoms. The van der Waals surface area contributed by atoms with Gasteiger partial charge in [0.1, 0.15) is 6.54 Å². The van der Waals surface area contributed by atoms with E-state index in [9.17, 15) is 19.5 Å². The topological polar surface area (TPSA) is 77.9 Å². The molecule has 0 spiro atoms. The van der Waals surface area contributed by atoms with Crippen molar-refractivity contribution in [3.63, 3.8) is 0 Å². The highest BCUT2D eigenvalue weighted by molar-refractivity contribution is 6.12. The first-order valence-corrected chi connectivity index (χ1v) is 9.42. The van der Waals surface area contributed by atoms with Gasteiger partial charge in [0.2, 0.25) is 5.91 Å². The largest absolute Gasteiger partial charge is 0.375 e. The number of para-hydroxylation sites is 1. The summed E-state index contributed by atoms with van der Waals surface area (Å²) in [5.41, 5.74) is -0.723. The Labute approximate surface area is 164 Å². The number of Topliss-reactive ketones (excluding diaryl/α,β-unsaturated/α-hetero) is 1. The van der Waals surface area contributed by atoms with Gasteiger partial charge in [0.05, 0.1) is 12.1 Å². The van der Waals surface area contributed by atoms with Crippen molar-refractivity contribution in [2.24, 2.45) is 0 Å². The lowest BCUT2D eigenvalue weighted by Gasteiger charge is -2.25. The van der Waals surface area contributed by atoms with Crippen molar-refractivity contribution in [1.29, 1.82) is 0 Å². The third kappa shape index (κ3) is 3.43. The molecule has 0 fully saturated rings. The quantitative estimate of drug-likeness (QED) is 0.748. The van der Waals surface area contributed by atoms with Crippen molar-refractivity contribution in [2.45, 2.75) is 25.9 Å². The van der Waals surface area contributed by atoms with Crippen molar-refractivity contribution in [1.82, 2.24) is 4.90 Å². The number of hydrogen-bond donors (Lipinski definition) is 1. The second kappa shape index (κ2) is 7.94. The Morgan fingerprint density at radius 1 is 1.00 bits per heavy atom. The zero-order valence-electron chi connectivity index (χ0n) is 16.1. The molecule has 0 saturated carbocycles. The summed E-state index contributed by atoms with van der Waals surface area (Å²) < 4.78 is 0. The minimum atomic E-state index is -1.98. The fourth-order valence-electron chi connectivity index (χ4n) is 3.60. The molecule has 1 aliphatic heterocycles. The monoisotopic (exact) mass is 380 g/mol. The van der Waals surface area contributed by atoms with Crippen LogP contribution in [0.3, 0.4) is 0 Å². The van der Waals surface area contributed by atoms with Crippen LogP contribution >= 0.6 is 0 Å². The molecule has 1 N–H and O–H groups in total. The lowest BCUT2D eigenvalue weighted by Crippen LogP contribution is -2.46. The fourth-order valence-corrected chi connectivity index (χ4v) is 3.60. The number of amides is 2. The van der Waals surface area contributed by atoms with Crippen molar-refractivity contribution in [3.05, 3.63) is 65.7 Å². The highest BCUT2D eigenvalue weighted by Gasteiger charge is 2.51. The van der Waals surface area contributed by atoms with Gasteiger partial charge in [-0.3, -0.25) is 19.3 Å². The highest BCUT2D eigenvalue weighted by atomic mass is 16.3. The van der Waals surface area contributed by atoms with Gasteiger partial charge in [-0.25, -0.2) is 0 Å². The Hall–Kier alpha value is -2.99. The van der Waals surface area contributed by atoms with Gasteiger partial charge in [-0.1, -0.05) is 48.5 Å². The van der Waals surface area contributed by atoms with Crippen molar-refractivity contribution in [2.75, 3.05) is 24.5 Å². The van der Waals surface area contributed by atoms with E-state index in [2.05, 4.69) is 0 Å². The number of fused-ring (bicyclic) bond motifs is 1. The molecule has 0 saturated heterocycles. The van der Waals surface area contributed by atoms with Crippen LogP contribution in [0, 0.1) is 0 Å². The summed E-state index contributed by atoms with van der Waals surface area (Å²) in [5.74, 6) is -1.17. The van der Waals surface area contributed by atoms with Crippen molar-refractivity contribution < 1.29 is 19.5 Å². The average Bonchev–Trinajstić information content (AvgIpc) is 2.92. The van der Waals surface area contributed by atoms with E-state index in [1.54, 1.807) is 59.5 Å². The lowest BCUT2D eigenvalue weighted by molar-refractivity contribution is -0.138. The zero-order chi connectivity index (χ0) is 20.3. The molecule has 1 atom stereocenters. The number of benzene rings is 2. The number of likely N-dealkylation sites (N-methyl/N-ethyl adjacent to an activating group) is 1. The first-order chi connectivity index (χ1) is 13.4. The van der Waals surface area contributed by atoms with Gasteiger partial charge < -0.3 is 10.0 Å². The molecule has 1 aliphatic rings. The van der Waals surface area contributed by atoms with Gasteiger partial charge >= 0.3 is 0 Å². The van der Waals surface area contributed by atoms with E-state index < -0.39 is 11.5 Å². The SMILES string of the molecule is CCN(CC)C(=O)CN1C(=O)[C@](O)(CC(=O)c2ccccc2)c2ccccc21. The molecule has 0 aromatic heterocycles. The maximum Gasteiger partial charge on any atom is 0.264 e. The Balaban J connectivity index is 1.92. The van der Waals surface area contributed by atoms with Crippen molar-refractivity contribution >= 4 is 23.3 Å². The van der Waals surface area contributed by atoms with E-state index >= 15 is 0 Å². The van der Waals surface area contributed by atoms with Gasteiger partial charge in [-0.2, -0.15) is 0 Å². The molecule has 2 aromatic rings. The predicted octanol–water partition coefficient (Wildman–Crippen LogP) is 2.36. The molecular formula is C22H24N2O4. The summed E-state index contributed by atoms with van der Waals surface area (Å²) in [6, 6.07) is 15.3. The maximum absolute atomic E-state index is 13.1. The second-order valence-corrected chi connectivity index (χ2v) is 6.80. The standard InChI is InChI=1S/C22H24N2O4/c1-3-23(4-2)20(26)15-24-18-13-9-8-12-17(18)22(28,21(24)27)14-19(25)16-10-6-5-7-11-16/h5-13,28H,3-4,14-15H2,1-2H3/t22-/m0/s1. The molecule has 0 unspecified atom stereocenters. The smallest absolute Gasteiger partial charge is 0.264 e. The molecule has 0 bridgehead atoms. The van der Waals surface area contributed by atoms with Crippen LogP contribution in [-0.4, -0.2) is 47.2 Å². The third-order valence-electron chi connectivity index (χ3n) is 5.16. The van der Waals surface area contributed by atoms with E-state index in [0.29, 0.717) is 29.9 Å². The predicted molar refractivity (Wildman–Crippen MR) is 106 cm³/mol. The highest BCUT2D eigenvalue weighted by Crippen LogP contribution is 2.42. The number of rotatable bonds is 7. The first kappa shape index (κ1) is 19.8. The zero-order valence-corrected chi connectivity index (χ0v) is 16.1. The number of carbonyl (C=O) groups is 3. The number of anilines is 1. The molecule has 3 rings (SSSR count). The normalized spacial score (nSPS) is 18.1. The van der Waals surface area contributed by atoms with E-state index in [4.69, 9.17) is 0 Å². The number of carbonyl (C=O) groups excluding carboxylic acids is 3. The summed E-state index contributed by atoms with van der Waals surface area (Å²) >= 11 is 0. The number of ketones is 1. The summed E-state index contributed by atoms with van der Waals surface area (Å²) in [6.07, 6.45) is -0.372.